The number of aliphatic carboxylic acids is 1. The van der Waals surface area contributed by atoms with Crippen LogP contribution < -0.4 is 20.1 Å². The van der Waals surface area contributed by atoms with Crippen molar-refractivity contribution in [3.8, 4) is 11.5 Å². The van der Waals surface area contributed by atoms with Gasteiger partial charge in [0, 0.05) is 24.7 Å². The Morgan fingerprint density at radius 3 is 2.21 bits per heavy atom. The first-order chi connectivity index (χ1) is 18.3. The summed E-state index contributed by atoms with van der Waals surface area (Å²) in [6.07, 6.45) is 2.04. The first-order valence-corrected chi connectivity index (χ1v) is 12.8. The number of benzene rings is 3. The molecule has 0 bridgehead atoms. The lowest BCUT2D eigenvalue weighted by Crippen LogP contribution is -2.35. The van der Waals surface area contributed by atoms with E-state index in [0.29, 0.717) is 43.6 Å². The summed E-state index contributed by atoms with van der Waals surface area (Å²) in [6, 6.07) is 15.1. The molecule has 38 heavy (non-hydrogen) atoms. The van der Waals surface area contributed by atoms with E-state index in [1.807, 2.05) is 31.2 Å². The third-order valence-corrected chi connectivity index (χ3v) is 6.59. The van der Waals surface area contributed by atoms with Crippen LogP contribution in [0.5, 0.6) is 11.5 Å². The number of hydrogen-bond donors (Lipinski definition) is 3. The Morgan fingerprint density at radius 2 is 1.53 bits per heavy atom. The Hall–Kier alpha value is -4.14. The topological polar surface area (TPSA) is 114 Å². The Labute approximate surface area is 220 Å². The van der Waals surface area contributed by atoms with Crippen molar-refractivity contribution in [2.24, 2.45) is 5.92 Å². The molecule has 0 aliphatic heterocycles. The predicted octanol–water partition coefficient (Wildman–Crippen LogP) is 4.56. The van der Waals surface area contributed by atoms with Crippen molar-refractivity contribution in [2.75, 3.05) is 19.7 Å². The molecule has 0 spiro atoms. The number of fused-ring (bicyclic) bond motifs is 1. The predicted molar refractivity (Wildman–Crippen MR) is 140 cm³/mol. The van der Waals surface area contributed by atoms with Gasteiger partial charge in [-0.15, -0.1) is 0 Å². The van der Waals surface area contributed by atoms with Crippen LogP contribution in [-0.2, 0) is 4.79 Å². The summed E-state index contributed by atoms with van der Waals surface area (Å²) >= 11 is 0. The summed E-state index contributed by atoms with van der Waals surface area (Å²) in [5.74, 6) is -1.67. The normalized spacial score (nSPS) is 17.0. The lowest BCUT2D eigenvalue weighted by atomic mass is 9.87. The highest BCUT2D eigenvalue weighted by Crippen LogP contribution is 2.28. The van der Waals surface area contributed by atoms with Gasteiger partial charge in [0.15, 0.2) is 0 Å². The zero-order valence-corrected chi connectivity index (χ0v) is 21.2. The molecule has 0 radical (unpaired) electrons. The van der Waals surface area contributed by atoms with Gasteiger partial charge in [0.25, 0.3) is 11.8 Å². The summed E-state index contributed by atoms with van der Waals surface area (Å²) in [5.41, 5.74) is 0.366. The molecule has 0 unspecified atom stereocenters. The highest BCUT2D eigenvalue weighted by atomic mass is 19.1. The smallest absolute Gasteiger partial charge is 0.306 e. The number of carboxylic acid groups (broad SMARTS) is 1. The molecule has 4 rings (SSSR count). The molecule has 0 saturated heterocycles. The monoisotopic (exact) mass is 522 g/mol. The Balaban J connectivity index is 1.23. The average Bonchev–Trinajstić information content (AvgIpc) is 2.91. The van der Waals surface area contributed by atoms with E-state index in [1.165, 1.54) is 12.1 Å². The third kappa shape index (κ3) is 6.79. The molecule has 3 aromatic rings. The fourth-order valence-electron chi connectivity index (χ4n) is 4.54. The summed E-state index contributed by atoms with van der Waals surface area (Å²) in [4.78, 5) is 36.0. The maximum Gasteiger partial charge on any atom is 0.306 e. The minimum absolute atomic E-state index is 0.125. The van der Waals surface area contributed by atoms with E-state index in [2.05, 4.69) is 10.6 Å². The molecule has 1 aliphatic rings. The SMILES string of the molecule is CCOc1ccc2cc(C(=O)NCCNC(=O)c3ccc(OC4CCC(C(=O)O)CC4)cc3F)ccc2c1. The van der Waals surface area contributed by atoms with Crippen LogP contribution in [0.1, 0.15) is 53.3 Å². The van der Waals surface area contributed by atoms with Crippen LogP contribution in [-0.4, -0.2) is 48.7 Å². The number of halogens is 1. The fraction of sp³-hybridized carbons (Fsp3) is 0.345. The van der Waals surface area contributed by atoms with Crippen molar-refractivity contribution in [1.29, 1.82) is 0 Å². The molecule has 0 heterocycles. The van der Waals surface area contributed by atoms with Gasteiger partial charge < -0.3 is 25.2 Å². The molecule has 9 heteroatoms. The zero-order valence-electron chi connectivity index (χ0n) is 21.2. The number of carbonyl (C=O) groups excluding carboxylic acids is 2. The highest BCUT2D eigenvalue weighted by molar-refractivity contribution is 5.99. The fourth-order valence-corrected chi connectivity index (χ4v) is 4.54. The van der Waals surface area contributed by atoms with E-state index < -0.39 is 17.7 Å². The number of nitrogens with one attached hydrogen (secondary N) is 2. The second-order valence-corrected chi connectivity index (χ2v) is 9.24. The Kier molecular flexibility index (Phi) is 8.78. The molecule has 1 saturated carbocycles. The molecule has 1 fully saturated rings. The average molecular weight is 523 g/mol. The van der Waals surface area contributed by atoms with E-state index in [1.54, 1.807) is 12.1 Å². The van der Waals surface area contributed by atoms with Gasteiger partial charge in [-0.2, -0.15) is 0 Å². The first-order valence-electron chi connectivity index (χ1n) is 12.8. The number of ether oxygens (including phenoxy) is 2. The molecular formula is C29H31FN2O6. The largest absolute Gasteiger partial charge is 0.494 e. The number of hydrogen-bond acceptors (Lipinski definition) is 5. The van der Waals surface area contributed by atoms with E-state index in [4.69, 9.17) is 14.6 Å². The van der Waals surface area contributed by atoms with E-state index >= 15 is 0 Å². The minimum atomic E-state index is -0.796. The zero-order chi connectivity index (χ0) is 27.1. The first kappa shape index (κ1) is 26.9. The van der Waals surface area contributed by atoms with Crippen LogP contribution in [0.15, 0.2) is 54.6 Å². The van der Waals surface area contributed by atoms with Crippen molar-refractivity contribution >= 4 is 28.6 Å². The number of carbonyl (C=O) groups is 3. The molecule has 2 amide bonds. The van der Waals surface area contributed by atoms with E-state index in [9.17, 15) is 18.8 Å². The molecular weight excluding hydrogens is 491 g/mol. The van der Waals surface area contributed by atoms with Gasteiger partial charge in [0.1, 0.15) is 17.3 Å². The second kappa shape index (κ2) is 12.4. The van der Waals surface area contributed by atoms with Gasteiger partial charge >= 0.3 is 5.97 Å². The van der Waals surface area contributed by atoms with Crippen LogP contribution in [0.2, 0.25) is 0 Å². The quantitative estimate of drug-likeness (QED) is 0.337. The van der Waals surface area contributed by atoms with Crippen molar-refractivity contribution in [3.63, 3.8) is 0 Å². The summed E-state index contributed by atoms with van der Waals surface area (Å²) in [5, 5.41) is 16.3. The van der Waals surface area contributed by atoms with Gasteiger partial charge in [-0.25, -0.2) is 4.39 Å². The van der Waals surface area contributed by atoms with Crippen LogP contribution >= 0.6 is 0 Å². The minimum Gasteiger partial charge on any atom is -0.494 e. The summed E-state index contributed by atoms with van der Waals surface area (Å²) in [6.45, 7) is 2.79. The molecule has 8 nitrogen and oxygen atoms in total. The number of amides is 2. The molecule has 0 aromatic heterocycles. The molecule has 0 atom stereocenters. The van der Waals surface area contributed by atoms with Gasteiger partial charge in [-0.1, -0.05) is 12.1 Å². The van der Waals surface area contributed by atoms with Crippen LogP contribution in [0.3, 0.4) is 0 Å². The maximum atomic E-state index is 14.6. The van der Waals surface area contributed by atoms with Gasteiger partial charge in [-0.05, 0) is 79.8 Å². The van der Waals surface area contributed by atoms with E-state index in [-0.39, 0.29) is 36.6 Å². The van der Waals surface area contributed by atoms with Crippen LogP contribution in [0.4, 0.5) is 4.39 Å². The standard InChI is InChI=1S/C29H31FN2O6/c1-2-37-23-10-7-19-15-21(4-3-20(19)16-23)27(33)31-13-14-32-28(34)25-12-11-24(17-26(25)30)38-22-8-5-18(6-9-22)29(35)36/h3-4,7,10-12,15-18,22H,2,5-6,8-9,13-14H2,1H3,(H,31,33)(H,32,34)(H,35,36). The van der Waals surface area contributed by atoms with Crippen LogP contribution in [0.25, 0.3) is 10.8 Å². The number of rotatable bonds is 10. The summed E-state index contributed by atoms with van der Waals surface area (Å²) < 4.78 is 25.9. The number of carboxylic acids is 1. The van der Waals surface area contributed by atoms with Crippen molar-refractivity contribution < 1.29 is 33.4 Å². The molecule has 3 aromatic carbocycles. The molecule has 1 aliphatic carbocycles. The van der Waals surface area contributed by atoms with Gasteiger partial charge in [-0.3, -0.25) is 14.4 Å². The molecule has 3 N–H and O–H groups in total. The van der Waals surface area contributed by atoms with Crippen LogP contribution in [0, 0.1) is 11.7 Å². The summed E-state index contributed by atoms with van der Waals surface area (Å²) in [7, 11) is 0. The van der Waals surface area contributed by atoms with Crippen molar-refractivity contribution in [2.45, 2.75) is 38.7 Å². The van der Waals surface area contributed by atoms with Crippen molar-refractivity contribution in [3.05, 3.63) is 71.5 Å². The third-order valence-electron chi connectivity index (χ3n) is 6.59. The highest BCUT2D eigenvalue weighted by Gasteiger charge is 2.27. The second-order valence-electron chi connectivity index (χ2n) is 9.24. The lowest BCUT2D eigenvalue weighted by molar-refractivity contribution is -0.143. The molecule has 200 valence electrons. The lowest BCUT2D eigenvalue weighted by Gasteiger charge is -2.26. The Morgan fingerprint density at radius 1 is 0.868 bits per heavy atom. The maximum absolute atomic E-state index is 14.6. The van der Waals surface area contributed by atoms with Crippen molar-refractivity contribution in [1.82, 2.24) is 10.6 Å². The Bertz CT molecular complexity index is 1320. The van der Waals surface area contributed by atoms with E-state index in [0.717, 1.165) is 22.6 Å². The van der Waals surface area contributed by atoms with Gasteiger partial charge in [0.05, 0.1) is 24.2 Å². The van der Waals surface area contributed by atoms with Gasteiger partial charge in [0.2, 0.25) is 0 Å².